The van der Waals surface area contributed by atoms with Crippen LogP contribution in [0.1, 0.15) is 12.5 Å². The molecule has 1 aromatic rings. The smallest absolute Gasteiger partial charge is 0.243 e. The highest BCUT2D eigenvalue weighted by atomic mass is 127. The SMILES string of the molecule is CSCCNC(=NCC(=O)N(C)C)NCC(C)Oc1cccc(C)c1.I. The molecule has 0 saturated carbocycles. The van der Waals surface area contributed by atoms with E-state index >= 15 is 0 Å². The van der Waals surface area contributed by atoms with E-state index in [1.54, 1.807) is 25.9 Å². The summed E-state index contributed by atoms with van der Waals surface area (Å²) in [6.07, 6.45) is 2.03. The second kappa shape index (κ2) is 14.0. The summed E-state index contributed by atoms with van der Waals surface area (Å²) in [5.74, 6) is 2.42. The number of aliphatic imine (C=N–C) groups is 1. The van der Waals surface area contributed by atoms with Crippen LogP contribution in [-0.4, -0.2) is 68.6 Å². The molecule has 0 aliphatic rings. The third-order valence-electron chi connectivity index (χ3n) is 3.35. The van der Waals surface area contributed by atoms with Crippen molar-refractivity contribution < 1.29 is 9.53 Å². The minimum Gasteiger partial charge on any atom is -0.489 e. The topological polar surface area (TPSA) is 66.0 Å². The molecule has 0 aliphatic carbocycles. The monoisotopic (exact) mass is 494 g/mol. The predicted molar refractivity (Wildman–Crippen MR) is 122 cm³/mol. The van der Waals surface area contributed by atoms with E-state index in [0.717, 1.165) is 18.0 Å². The van der Waals surface area contributed by atoms with Crippen LogP contribution in [0.5, 0.6) is 5.75 Å². The fourth-order valence-corrected chi connectivity index (χ4v) is 2.24. The average Bonchev–Trinajstić information content (AvgIpc) is 2.56. The van der Waals surface area contributed by atoms with Crippen molar-refractivity contribution in [2.45, 2.75) is 20.0 Å². The van der Waals surface area contributed by atoms with Gasteiger partial charge in [0.2, 0.25) is 5.91 Å². The number of nitrogens with zero attached hydrogens (tertiary/aromatic N) is 2. The van der Waals surface area contributed by atoms with Gasteiger partial charge in [-0.25, -0.2) is 4.99 Å². The van der Waals surface area contributed by atoms with Crippen molar-refractivity contribution in [3.05, 3.63) is 29.8 Å². The van der Waals surface area contributed by atoms with Gasteiger partial charge < -0.3 is 20.3 Å². The zero-order chi connectivity index (χ0) is 18.7. The van der Waals surface area contributed by atoms with E-state index in [1.165, 1.54) is 10.5 Å². The number of hydrogen-bond acceptors (Lipinski definition) is 4. The van der Waals surface area contributed by atoms with Crippen LogP contribution in [0, 0.1) is 6.92 Å². The van der Waals surface area contributed by atoms with Gasteiger partial charge in [-0.1, -0.05) is 12.1 Å². The molecule has 0 fully saturated rings. The summed E-state index contributed by atoms with van der Waals surface area (Å²) in [6.45, 7) is 5.54. The minimum atomic E-state index is -0.0324. The summed E-state index contributed by atoms with van der Waals surface area (Å²) < 4.78 is 5.91. The highest BCUT2D eigenvalue weighted by Gasteiger charge is 2.08. The Hall–Kier alpha value is -1.16. The summed E-state index contributed by atoms with van der Waals surface area (Å²) in [4.78, 5) is 17.6. The Morgan fingerprint density at radius 2 is 2.08 bits per heavy atom. The van der Waals surface area contributed by atoms with Crippen LogP contribution in [0.25, 0.3) is 0 Å². The number of thioether (sulfide) groups is 1. The number of benzene rings is 1. The number of ether oxygens (including phenoxy) is 1. The van der Waals surface area contributed by atoms with Crippen molar-refractivity contribution in [2.75, 3.05) is 45.7 Å². The van der Waals surface area contributed by atoms with Gasteiger partial charge in [-0.15, -0.1) is 24.0 Å². The number of halogens is 1. The van der Waals surface area contributed by atoms with Crippen molar-refractivity contribution in [3.8, 4) is 5.75 Å². The molecule has 26 heavy (non-hydrogen) atoms. The molecule has 1 atom stereocenters. The van der Waals surface area contributed by atoms with Gasteiger partial charge in [0.1, 0.15) is 18.4 Å². The molecule has 1 amide bonds. The number of nitrogens with one attached hydrogen (secondary N) is 2. The Bertz CT molecular complexity index is 570. The van der Waals surface area contributed by atoms with Gasteiger partial charge in [0.25, 0.3) is 0 Å². The van der Waals surface area contributed by atoms with E-state index in [4.69, 9.17) is 4.74 Å². The van der Waals surface area contributed by atoms with Crippen LogP contribution in [0.3, 0.4) is 0 Å². The Balaban J connectivity index is 0.00000625. The van der Waals surface area contributed by atoms with Gasteiger partial charge in [-0.2, -0.15) is 11.8 Å². The standard InChI is InChI=1S/C18H30N4O2S.HI/c1-14-7-6-8-16(11-14)24-15(2)12-20-18(19-9-10-25-5)21-13-17(23)22(3)4;/h6-8,11,15H,9-10,12-13H2,1-5H3,(H2,19,20,21);1H. The van der Waals surface area contributed by atoms with Crippen LogP contribution < -0.4 is 15.4 Å². The molecule has 0 radical (unpaired) electrons. The van der Waals surface area contributed by atoms with Crippen LogP contribution in [-0.2, 0) is 4.79 Å². The van der Waals surface area contributed by atoms with Crippen LogP contribution in [0.15, 0.2) is 29.3 Å². The quantitative estimate of drug-likeness (QED) is 0.239. The van der Waals surface area contributed by atoms with E-state index in [0.29, 0.717) is 12.5 Å². The van der Waals surface area contributed by atoms with E-state index in [9.17, 15) is 4.79 Å². The maximum absolute atomic E-state index is 11.7. The maximum atomic E-state index is 11.7. The molecule has 148 valence electrons. The van der Waals surface area contributed by atoms with Crippen molar-refractivity contribution in [1.82, 2.24) is 15.5 Å². The average molecular weight is 494 g/mol. The van der Waals surface area contributed by atoms with Gasteiger partial charge in [-0.3, -0.25) is 4.79 Å². The fraction of sp³-hybridized carbons (Fsp3) is 0.556. The second-order valence-corrected chi connectivity index (χ2v) is 6.98. The van der Waals surface area contributed by atoms with Gasteiger partial charge >= 0.3 is 0 Å². The number of amides is 1. The second-order valence-electron chi connectivity index (χ2n) is 6.00. The number of carbonyl (C=O) groups excluding carboxylic acids is 1. The van der Waals surface area contributed by atoms with Crippen LogP contribution in [0.4, 0.5) is 0 Å². The lowest BCUT2D eigenvalue weighted by Crippen LogP contribution is -2.43. The van der Waals surface area contributed by atoms with E-state index in [-0.39, 0.29) is 42.5 Å². The minimum absolute atomic E-state index is 0. The molecule has 1 rings (SSSR count). The first-order valence-corrected chi connectivity index (χ1v) is 9.76. The lowest BCUT2D eigenvalue weighted by Gasteiger charge is -2.18. The number of likely N-dealkylation sites (N-methyl/N-ethyl adjacent to an activating group) is 1. The molecule has 2 N–H and O–H groups in total. The van der Waals surface area contributed by atoms with Crippen LogP contribution in [0.2, 0.25) is 0 Å². The highest BCUT2D eigenvalue weighted by molar-refractivity contribution is 14.0. The fourth-order valence-electron chi connectivity index (χ4n) is 1.94. The summed E-state index contributed by atoms with van der Waals surface area (Å²) in [5, 5.41) is 6.48. The van der Waals surface area contributed by atoms with Gasteiger partial charge in [0.15, 0.2) is 5.96 Å². The third kappa shape index (κ3) is 10.7. The van der Waals surface area contributed by atoms with Crippen molar-refractivity contribution in [2.24, 2.45) is 4.99 Å². The Morgan fingerprint density at radius 3 is 2.69 bits per heavy atom. The molecule has 0 heterocycles. The number of guanidine groups is 1. The Kier molecular flexibility index (Phi) is 13.3. The van der Waals surface area contributed by atoms with E-state index in [1.807, 2.05) is 38.1 Å². The van der Waals surface area contributed by atoms with E-state index in [2.05, 4.69) is 21.9 Å². The molecule has 8 heteroatoms. The van der Waals surface area contributed by atoms with Gasteiger partial charge in [0.05, 0.1) is 6.54 Å². The predicted octanol–water partition coefficient (Wildman–Crippen LogP) is 2.37. The zero-order valence-electron chi connectivity index (χ0n) is 16.2. The molecule has 1 unspecified atom stereocenters. The first kappa shape index (κ1) is 24.8. The molecule has 1 aromatic carbocycles. The summed E-state index contributed by atoms with van der Waals surface area (Å²) >= 11 is 1.76. The first-order chi connectivity index (χ1) is 11.9. The largest absolute Gasteiger partial charge is 0.489 e. The number of rotatable bonds is 9. The van der Waals surface area contributed by atoms with Crippen molar-refractivity contribution >= 4 is 47.6 Å². The summed E-state index contributed by atoms with van der Waals surface area (Å²) in [5.41, 5.74) is 1.17. The number of carbonyl (C=O) groups is 1. The molecule has 0 saturated heterocycles. The Morgan fingerprint density at radius 1 is 1.35 bits per heavy atom. The first-order valence-electron chi connectivity index (χ1n) is 8.37. The molecule has 6 nitrogen and oxygen atoms in total. The normalized spacial score (nSPS) is 12.0. The molecule has 0 bridgehead atoms. The van der Waals surface area contributed by atoms with Crippen molar-refractivity contribution in [1.29, 1.82) is 0 Å². The molecular formula is C18H31IN4O2S. The lowest BCUT2D eigenvalue weighted by molar-refractivity contribution is -0.127. The molecule has 0 spiro atoms. The zero-order valence-corrected chi connectivity index (χ0v) is 19.4. The highest BCUT2D eigenvalue weighted by Crippen LogP contribution is 2.13. The third-order valence-corrected chi connectivity index (χ3v) is 3.97. The number of hydrogen-bond donors (Lipinski definition) is 2. The Labute approximate surface area is 178 Å². The summed E-state index contributed by atoms with van der Waals surface area (Å²) in [7, 11) is 3.45. The van der Waals surface area contributed by atoms with Crippen LogP contribution >= 0.6 is 35.7 Å². The lowest BCUT2D eigenvalue weighted by atomic mass is 10.2. The molecule has 0 aromatic heterocycles. The number of aryl methyl sites for hydroxylation is 1. The maximum Gasteiger partial charge on any atom is 0.243 e. The van der Waals surface area contributed by atoms with E-state index < -0.39 is 0 Å². The summed E-state index contributed by atoms with van der Waals surface area (Å²) in [6, 6.07) is 7.98. The molecule has 0 aliphatic heterocycles. The van der Waals surface area contributed by atoms with Gasteiger partial charge in [0, 0.05) is 26.4 Å². The molecular weight excluding hydrogens is 463 g/mol. The van der Waals surface area contributed by atoms with Crippen molar-refractivity contribution in [3.63, 3.8) is 0 Å². The van der Waals surface area contributed by atoms with Gasteiger partial charge in [-0.05, 0) is 37.8 Å².